The van der Waals surface area contributed by atoms with Crippen molar-refractivity contribution >= 4 is 20.2 Å². The molecule has 0 atom stereocenters. The molecule has 0 spiro atoms. The van der Waals surface area contributed by atoms with E-state index < -0.39 is 32.6 Å². The van der Waals surface area contributed by atoms with E-state index >= 15 is 0 Å². The van der Waals surface area contributed by atoms with Gasteiger partial charge in [0.15, 0.2) is 9.84 Å². The van der Waals surface area contributed by atoms with E-state index in [0.29, 0.717) is 0 Å². The Morgan fingerprint density at radius 2 is 1.65 bits per heavy atom. The number of hydrogen-bond acceptors (Lipinski definition) is 5. The Hall–Kier alpha value is -0.960. The third kappa shape index (κ3) is 4.82. The van der Waals surface area contributed by atoms with Crippen LogP contribution < -0.4 is 0 Å². The molecule has 0 aliphatic heterocycles. The maximum atomic E-state index is 11.7. The first-order valence-corrected chi connectivity index (χ1v) is 7.64. The molecule has 0 aromatic heterocycles. The zero-order valence-electron chi connectivity index (χ0n) is 9.03. The molecule has 1 aromatic rings. The molecule has 0 heterocycles. The van der Waals surface area contributed by atoms with E-state index in [2.05, 4.69) is 4.18 Å². The quantitative estimate of drug-likeness (QED) is 0.793. The molecule has 8 heteroatoms. The molecule has 1 rings (SSSR count). The number of benzene rings is 1. The van der Waals surface area contributed by atoms with Crippen LogP contribution in [0.15, 0.2) is 29.2 Å². The van der Waals surface area contributed by atoms with Crippen LogP contribution in [-0.2, 0) is 24.4 Å². The van der Waals surface area contributed by atoms with E-state index in [4.69, 9.17) is 4.55 Å². The molecule has 0 bridgehead atoms. The van der Waals surface area contributed by atoms with Crippen molar-refractivity contribution in [2.75, 3.05) is 12.4 Å². The normalized spacial score (nSPS) is 12.6. The van der Waals surface area contributed by atoms with Crippen LogP contribution in [0.5, 0.6) is 0 Å². The second-order valence-electron chi connectivity index (χ2n) is 3.38. The monoisotopic (exact) mass is 280 g/mol. The highest BCUT2D eigenvalue weighted by Gasteiger charge is 2.15. The molecule has 0 aliphatic carbocycles. The lowest BCUT2D eigenvalue weighted by molar-refractivity contribution is 0.284. The molecule has 0 saturated carbocycles. The lowest BCUT2D eigenvalue weighted by Crippen LogP contribution is -2.15. The molecule has 0 radical (unpaired) electrons. The van der Waals surface area contributed by atoms with Gasteiger partial charge in [-0.1, -0.05) is 17.7 Å². The van der Waals surface area contributed by atoms with Crippen LogP contribution >= 0.6 is 0 Å². The van der Waals surface area contributed by atoms with Gasteiger partial charge in [0.1, 0.15) is 0 Å². The number of sulfone groups is 1. The maximum Gasteiger partial charge on any atom is 0.397 e. The van der Waals surface area contributed by atoms with E-state index in [1.165, 1.54) is 12.1 Å². The van der Waals surface area contributed by atoms with Crippen LogP contribution in [0.1, 0.15) is 5.56 Å². The van der Waals surface area contributed by atoms with Gasteiger partial charge in [-0.15, -0.1) is 0 Å². The van der Waals surface area contributed by atoms with Crippen LogP contribution in [0, 0.1) is 6.92 Å². The van der Waals surface area contributed by atoms with Gasteiger partial charge in [0.25, 0.3) is 0 Å². The van der Waals surface area contributed by atoms with Crippen LogP contribution in [0.25, 0.3) is 0 Å². The molecule has 17 heavy (non-hydrogen) atoms. The SMILES string of the molecule is Cc1ccc(S(=O)(=O)CCOS(=O)(=O)O)cc1. The zero-order chi connectivity index (χ0) is 13.1. The number of rotatable bonds is 5. The average Bonchev–Trinajstić information content (AvgIpc) is 2.15. The first-order chi connectivity index (χ1) is 7.71. The molecule has 0 fully saturated rings. The van der Waals surface area contributed by atoms with Gasteiger partial charge in [0, 0.05) is 0 Å². The summed E-state index contributed by atoms with van der Waals surface area (Å²) >= 11 is 0. The fourth-order valence-electron chi connectivity index (χ4n) is 1.11. The predicted octanol–water partition coefficient (Wildman–Crippen LogP) is 0.588. The van der Waals surface area contributed by atoms with Gasteiger partial charge in [-0.05, 0) is 19.1 Å². The second-order valence-corrected chi connectivity index (χ2v) is 6.58. The first-order valence-electron chi connectivity index (χ1n) is 4.62. The summed E-state index contributed by atoms with van der Waals surface area (Å²) in [5, 5.41) is 0. The minimum Gasteiger partial charge on any atom is -0.264 e. The van der Waals surface area contributed by atoms with Crippen molar-refractivity contribution in [1.29, 1.82) is 0 Å². The standard InChI is InChI=1S/C9H12O6S2/c1-8-2-4-9(5-3-8)16(10,11)7-6-15-17(12,13)14/h2-5H,6-7H2,1H3,(H,12,13,14). The van der Waals surface area contributed by atoms with E-state index in [-0.39, 0.29) is 4.90 Å². The Kier molecular flexibility index (Phi) is 4.26. The highest BCUT2D eigenvalue weighted by Crippen LogP contribution is 2.12. The fourth-order valence-corrected chi connectivity index (χ4v) is 2.60. The van der Waals surface area contributed by atoms with E-state index in [9.17, 15) is 16.8 Å². The van der Waals surface area contributed by atoms with Crippen LogP contribution in [-0.4, -0.2) is 33.7 Å². The van der Waals surface area contributed by atoms with Crippen molar-refractivity contribution in [3.05, 3.63) is 29.8 Å². The topological polar surface area (TPSA) is 97.7 Å². The number of aryl methyl sites for hydroxylation is 1. The van der Waals surface area contributed by atoms with E-state index in [1.54, 1.807) is 12.1 Å². The summed E-state index contributed by atoms with van der Waals surface area (Å²) < 4.78 is 56.1. The minimum atomic E-state index is -4.60. The smallest absolute Gasteiger partial charge is 0.264 e. The maximum absolute atomic E-state index is 11.7. The summed E-state index contributed by atoms with van der Waals surface area (Å²) in [6.45, 7) is 1.20. The van der Waals surface area contributed by atoms with Crippen LogP contribution in [0.2, 0.25) is 0 Å². The minimum absolute atomic E-state index is 0.0852. The molecular weight excluding hydrogens is 268 g/mol. The summed E-state index contributed by atoms with van der Waals surface area (Å²) in [6.07, 6.45) is 0. The lowest BCUT2D eigenvalue weighted by atomic mass is 10.2. The van der Waals surface area contributed by atoms with Gasteiger partial charge in [-0.3, -0.25) is 4.55 Å². The molecule has 1 N–H and O–H groups in total. The largest absolute Gasteiger partial charge is 0.397 e. The Morgan fingerprint density at radius 1 is 1.12 bits per heavy atom. The number of hydrogen-bond donors (Lipinski definition) is 1. The predicted molar refractivity (Wildman–Crippen MR) is 60.7 cm³/mol. The van der Waals surface area contributed by atoms with Gasteiger partial charge in [-0.2, -0.15) is 8.42 Å². The van der Waals surface area contributed by atoms with Crippen molar-refractivity contribution in [2.45, 2.75) is 11.8 Å². The highest BCUT2D eigenvalue weighted by atomic mass is 32.3. The summed E-state index contributed by atoms with van der Waals surface area (Å²) in [6, 6.07) is 6.13. The van der Waals surface area contributed by atoms with E-state index in [0.717, 1.165) is 5.56 Å². The van der Waals surface area contributed by atoms with Gasteiger partial charge in [-0.25, -0.2) is 12.6 Å². The Bertz CT molecular complexity index is 570. The molecule has 0 amide bonds. The van der Waals surface area contributed by atoms with Gasteiger partial charge in [0.2, 0.25) is 0 Å². The lowest BCUT2D eigenvalue weighted by Gasteiger charge is -2.04. The first kappa shape index (κ1) is 14.1. The Morgan fingerprint density at radius 3 is 2.12 bits per heavy atom. The summed E-state index contributed by atoms with van der Waals surface area (Å²) in [5.74, 6) is -0.518. The van der Waals surface area contributed by atoms with Gasteiger partial charge >= 0.3 is 10.4 Å². The molecule has 1 aromatic carbocycles. The third-order valence-electron chi connectivity index (χ3n) is 1.96. The van der Waals surface area contributed by atoms with Crippen LogP contribution in [0.3, 0.4) is 0 Å². The average molecular weight is 280 g/mol. The van der Waals surface area contributed by atoms with Gasteiger partial charge in [0.05, 0.1) is 17.3 Å². The molecule has 0 saturated heterocycles. The van der Waals surface area contributed by atoms with Crippen molar-refractivity contribution in [3.8, 4) is 0 Å². The highest BCUT2D eigenvalue weighted by molar-refractivity contribution is 7.91. The summed E-state index contributed by atoms with van der Waals surface area (Å²) in [5.41, 5.74) is 0.915. The molecule has 0 aliphatic rings. The zero-order valence-corrected chi connectivity index (χ0v) is 10.7. The van der Waals surface area contributed by atoms with Crippen molar-refractivity contribution < 1.29 is 25.6 Å². The third-order valence-corrected chi connectivity index (χ3v) is 4.12. The molecule has 6 nitrogen and oxygen atoms in total. The van der Waals surface area contributed by atoms with Crippen LogP contribution in [0.4, 0.5) is 0 Å². The van der Waals surface area contributed by atoms with Crippen molar-refractivity contribution in [3.63, 3.8) is 0 Å². The molecule has 0 unspecified atom stereocenters. The van der Waals surface area contributed by atoms with Crippen molar-refractivity contribution in [2.24, 2.45) is 0 Å². The fraction of sp³-hybridized carbons (Fsp3) is 0.333. The van der Waals surface area contributed by atoms with E-state index in [1.807, 2.05) is 6.92 Å². The second kappa shape index (κ2) is 5.13. The molecular formula is C9H12O6S2. The summed E-state index contributed by atoms with van der Waals surface area (Å²) in [7, 11) is -8.20. The Balaban J connectivity index is 2.73. The Labute approximate surface area is 100 Å². The van der Waals surface area contributed by atoms with Gasteiger partial charge < -0.3 is 0 Å². The summed E-state index contributed by atoms with van der Waals surface area (Å²) in [4.78, 5) is 0.0852. The van der Waals surface area contributed by atoms with Crippen molar-refractivity contribution in [1.82, 2.24) is 0 Å². The molecule has 96 valence electrons.